The summed E-state index contributed by atoms with van der Waals surface area (Å²) in [6.45, 7) is 7.25. The molecule has 0 saturated heterocycles. The van der Waals surface area contributed by atoms with Crippen LogP contribution in [0.25, 0.3) is 0 Å². The van der Waals surface area contributed by atoms with E-state index >= 15 is 0 Å². The van der Waals surface area contributed by atoms with Crippen molar-refractivity contribution in [1.82, 2.24) is 16.0 Å². The standard InChI is InChI=1S/C29H39N3O7/c1-21(26(34)37-19-22-13-7-5-8-14-22)31-25(33)24(32-28(36)39-29(2,3)4)17-11-12-18-30-27(35)38-20-23-15-9-6-10-16-23/h5-10,13-16,21,24H,11-12,17-20H2,1-4H3,(H,30,35)(H,31,33)(H,32,36). The van der Waals surface area contributed by atoms with Crippen LogP contribution >= 0.6 is 0 Å². The van der Waals surface area contributed by atoms with Crippen LogP contribution in [0.2, 0.25) is 0 Å². The molecule has 3 amide bonds. The van der Waals surface area contributed by atoms with Crippen molar-refractivity contribution in [1.29, 1.82) is 0 Å². The summed E-state index contributed by atoms with van der Waals surface area (Å²) in [5.41, 5.74) is 0.961. The third kappa shape index (κ3) is 13.3. The van der Waals surface area contributed by atoms with Crippen molar-refractivity contribution in [3.05, 3.63) is 71.8 Å². The van der Waals surface area contributed by atoms with Crippen LogP contribution in [0.4, 0.5) is 9.59 Å². The van der Waals surface area contributed by atoms with E-state index in [0.29, 0.717) is 19.4 Å². The first kappa shape index (κ1) is 31.1. The molecule has 0 saturated carbocycles. The summed E-state index contributed by atoms with van der Waals surface area (Å²) < 4.78 is 15.7. The molecule has 2 rings (SSSR count). The molecule has 3 N–H and O–H groups in total. The van der Waals surface area contributed by atoms with Crippen molar-refractivity contribution >= 4 is 24.1 Å². The molecule has 0 radical (unpaired) electrons. The van der Waals surface area contributed by atoms with Gasteiger partial charge >= 0.3 is 18.2 Å². The van der Waals surface area contributed by atoms with Gasteiger partial charge in [-0.15, -0.1) is 0 Å². The Hall–Kier alpha value is -4.08. The van der Waals surface area contributed by atoms with Gasteiger partial charge in [-0.3, -0.25) is 4.79 Å². The highest BCUT2D eigenvalue weighted by Gasteiger charge is 2.27. The SMILES string of the molecule is CC(NC(=O)C(CCCCNC(=O)OCc1ccccc1)NC(=O)OC(C)(C)C)C(=O)OCc1ccccc1. The maximum Gasteiger partial charge on any atom is 0.408 e. The molecule has 0 aromatic heterocycles. The zero-order valence-corrected chi connectivity index (χ0v) is 23.0. The van der Waals surface area contributed by atoms with Gasteiger partial charge in [-0.2, -0.15) is 0 Å². The minimum absolute atomic E-state index is 0.0836. The summed E-state index contributed by atoms with van der Waals surface area (Å²) in [7, 11) is 0. The van der Waals surface area contributed by atoms with Gasteiger partial charge in [0.2, 0.25) is 5.91 Å². The Labute approximate surface area is 229 Å². The summed E-state index contributed by atoms with van der Waals surface area (Å²) in [6, 6.07) is 16.7. The minimum atomic E-state index is -0.950. The van der Waals surface area contributed by atoms with E-state index in [1.807, 2.05) is 60.7 Å². The summed E-state index contributed by atoms with van der Waals surface area (Å²) in [5.74, 6) is -1.14. The van der Waals surface area contributed by atoms with Gasteiger partial charge in [0.05, 0.1) is 0 Å². The van der Waals surface area contributed by atoms with Crippen LogP contribution in [0.5, 0.6) is 0 Å². The van der Waals surface area contributed by atoms with Gasteiger partial charge in [-0.05, 0) is 58.1 Å². The summed E-state index contributed by atoms with van der Waals surface area (Å²) in [5, 5.41) is 7.85. The number of hydrogen-bond acceptors (Lipinski definition) is 7. The molecule has 0 aliphatic carbocycles. The maximum absolute atomic E-state index is 12.9. The van der Waals surface area contributed by atoms with E-state index < -0.39 is 41.7 Å². The highest BCUT2D eigenvalue weighted by atomic mass is 16.6. The van der Waals surface area contributed by atoms with Gasteiger partial charge in [0, 0.05) is 6.54 Å². The molecule has 39 heavy (non-hydrogen) atoms. The molecule has 0 fully saturated rings. The third-order valence-corrected chi connectivity index (χ3v) is 5.35. The van der Waals surface area contributed by atoms with E-state index in [1.165, 1.54) is 6.92 Å². The topological polar surface area (TPSA) is 132 Å². The lowest BCUT2D eigenvalue weighted by Gasteiger charge is -2.24. The molecule has 212 valence electrons. The van der Waals surface area contributed by atoms with Gasteiger partial charge in [0.15, 0.2) is 0 Å². The summed E-state index contributed by atoms with van der Waals surface area (Å²) in [4.78, 5) is 49.6. The first-order valence-corrected chi connectivity index (χ1v) is 13.0. The Morgan fingerprint density at radius 3 is 1.90 bits per heavy atom. The molecule has 10 nitrogen and oxygen atoms in total. The first-order chi connectivity index (χ1) is 18.5. The minimum Gasteiger partial charge on any atom is -0.459 e. The van der Waals surface area contributed by atoms with Crippen LogP contribution in [-0.2, 0) is 37.0 Å². The number of hydrogen-bond donors (Lipinski definition) is 3. The molecule has 0 aliphatic rings. The van der Waals surface area contributed by atoms with E-state index in [-0.39, 0.29) is 19.6 Å². The lowest BCUT2D eigenvalue weighted by atomic mass is 10.1. The van der Waals surface area contributed by atoms with Crippen molar-refractivity contribution in [3.63, 3.8) is 0 Å². The van der Waals surface area contributed by atoms with Gasteiger partial charge in [-0.1, -0.05) is 60.7 Å². The van der Waals surface area contributed by atoms with Crippen molar-refractivity contribution in [2.75, 3.05) is 6.54 Å². The van der Waals surface area contributed by atoms with Gasteiger partial charge in [-0.25, -0.2) is 14.4 Å². The molecule has 2 atom stereocenters. The molecule has 0 aliphatic heterocycles. The van der Waals surface area contributed by atoms with E-state index in [4.69, 9.17) is 14.2 Å². The molecule has 0 bridgehead atoms. The molecule has 10 heteroatoms. The largest absolute Gasteiger partial charge is 0.459 e. The van der Waals surface area contributed by atoms with Crippen molar-refractivity contribution < 1.29 is 33.4 Å². The van der Waals surface area contributed by atoms with Crippen molar-refractivity contribution in [3.8, 4) is 0 Å². The number of carbonyl (C=O) groups is 4. The molecule has 0 spiro atoms. The van der Waals surface area contributed by atoms with E-state index in [2.05, 4.69) is 16.0 Å². The van der Waals surface area contributed by atoms with Gasteiger partial charge < -0.3 is 30.2 Å². The smallest absolute Gasteiger partial charge is 0.408 e. The number of esters is 1. The van der Waals surface area contributed by atoms with Crippen LogP contribution in [0, 0.1) is 0 Å². The Kier molecular flexibility index (Phi) is 12.8. The average molecular weight is 542 g/mol. The van der Waals surface area contributed by atoms with E-state index in [0.717, 1.165) is 11.1 Å². The molecular weight excluding hydrogens is 502 g/mol. The van der Waals surface area contributed by atoms with Crippen LogP contribution in [-0.4, -0.2) is 48.3 Å². The summed E-state index contributed by atoms with van der Waals surface area (Å²) in [6.07, 6.45) is 0.0130. The quantitative estimate of drug-likeness (QED) is 0.196. The second kappa shape index (κ2) is 16.0. The van der Waals surface area contributed by atoms with Crippen LogP contribution in [0.3, 0.4) is 0 Å². The molecular formula is C29H39N3O7. The number of nitrogens with one attached hydrogen (secondary N) is 3. The number of benzene rings is 2. The number of amides is 3. The highest BCUT2D eigenvalue weighted by Crippen LogP contribution is 2.09. The number of unbranched alkanes of at least 4 members (excludes halogenated alkanes) is 1. The van der Waals surface area contributed by atoms with Crippen LogP contribution in [0.15, 0.2) is 60.7 Å². The summed E-state index contributed by atoms with van der Waals surface area (Å²) >= 11 is 0. The third-order valence-electron chi connectivity index (χ3n) is 5.35. The van der Waals surface area contributed by atoms with Gasteiger partial charge in [0.1, 0.15) is 30.9 Å². The predicted octanol–water partition coefficient (Wildman–Crippen LogP) is 4.22. The number of ether oxygens (including phenoxy) is 3. The normalized spacial score (nSPS) is 12.4. The fraction of sp³-hybridized carbons (Fsp3) is 0.448. The monoisotopic (exact) mass is 541 g/mol. The fourth-order valence-corrected chi connectivity index (χ4v) is 3.38. The van der Waals surface area contributed by atoms with Crippen LogP contribution in [0.1, 0.15) is 58.1 Å². The second-order valence-corrected chi connectivity index (χ2v) is 10.0. The number of rotatable bonds is 13. The molecule has 2 aromatic carbocycles. The number of carbonyl (C=O) groups excluding carboxylic acids is 4. The molecule has 0 heterocycles. The van der Waals surface area contributed by atoms with Crippen molar-refractivity contribution in [2.24, 2.45) is 0 Å². The van der Waals surface area contributed by atoms with E-state index in [1.54, 1.807) is 20.8 Å². The number of alkyl carbamates (subject to hydrolysis) is 2. The highest BCUT2D eigenvalue weighted by molar-refractivity contribution is 5.89. The Morgan fingerprint density at radius 2 is 1.33 bits per heavy atom. The maximum atomic E-state index is 12.9. The van der Waals surface area contributed by atoms with E-state index in [9.17, 15) is 19.2 Å². The van der Waals surface area contributed by atoms with Crippen molar-refractivity contribution in [2.45, 2.75) is 77.9 Å². The van der Waals surface area contributed by atoms with Gasteiger partial charge in [0.25, 0.3) is 0 Å². The Morgan fingerprint density at radius 1 is 0.769 bits per heavy atom. The molecule has 2 aromatic rings. The zero-order chi connectivity index (χ0) is 28.7. The Bertz CT molecular complexity index is 1060. The molecule has 2 unspecified atom stereocenters. The lowest BCUT2D eigenvalue weighted by Crippen LogP contribution is -2.51. The predicted molar refractivity (Wildman–Crippen MR) is 145 cm³/mol. The van der Waals surface area contributed by atoms with Crippen LogP contribution < -0.4 is 16.0 Å². The lowest BCUT2D eigenvalue weighted by molar-refractivity contribution is -0.148. The fourth-order valence-electron chi connectivity index (χ4n) is 3.38. The first-order valence-electron chi connectivity index (χ1n) is 13.0. The average Bonchev–Trinajstić information content (AvgIpc) is 2.89. The Balaban J connectivity index is 1.81. The zero-order valence-electron chi connectivity index (χ0n) is 23.0. The second-order valence-electron chi connectivity index (χ2n) is 10.0.